The van der Waals surface area contributed by atoms with Crippen LogP contribution in [0, 0.1) is 5.41 Å². The van der Waals surface area contributed by atoms with Gasteiger partial charge < -0.3 is 20.1 Å². The van der Waals surface area contributed by atoms with E-state index in [0.717, 1.165) is 11.3 Å². The van der Waals surface area contributed by atoms with Gasteiger partial charge in [0.1, 0.15) is 16.9 Å². The first-order chi connectivity index (χ1) is 13.0. The number of rotatable bonds is 7. The Balaban J connectivity index is 1.64. The molecule has 7 heteroatoms. The Morgan fingerprint density at radius 2 is 1.74 bits per heavy atom. The van der Waals surface area contributed by atoms with Gasteiger partial charge in [-0.2, -0.15) is 0 Å². The van der Waals surface area contributed by atoms with E-state index in [1.165, 1.54) is 7.11 Å². The van der Waals surface area contributed by atoms with Crippen molar-refractivity contribution in [3.05, 3.63) is 53.1 Å². The second-order valence-electron chi connectivity index (χ2n) is 6.41. The number of methoxy groups -OCH3 is 2. The first-order valence-electron chi connectivity index (χ1n) is 8.55. The zero-order chi connectivity index (χ0) is 19.4. The maximum absolute atomic E-state index is 12.7. The van der Waals surface area contributed by atoms with E-state index in [1.54, 1.807) is 25.3 Å². The van der Waals surface area contributed by atoms with Crippen molar-refractivity contribution in [2.45, 2.75) is 19.4 Å². The number of nitrogens with one attached hydrogen (secondary N) is 2. The second-order valence-corrected chi connectivity index (χ2v) is 6.85. The van der Waals surface area contributed by atoms with Crippen LogP contribution in [0.4, 0.5) is 5.69 Å². The number of amides is 2. The van der Waals surface area contributed by atoms with Gasteiger partial charge in [-0.05, 0) is 48.7 Å². The summed E-state index contributed by atoms with van der Waals surface area (Å²) in [5.41, 5.74) is 0.334. The minimum atomic E-state index is -1.04. The molecule has 2 aromatic carbocycles. The molecule has 1 aliphatic rings. The highest BCUT2D eigenvalue weighted by atomic mass is 35.5. The van der Waals surface area contributed by atoms with E-state index in [-0.39, 0.29) is 11.8 Å². The van der Waals surface area contributed by atoms with E-state index in [2.05, 4.69) is 10.6 Å². The van der Waals surface area contributed by atoms with E-state index < -0.39 is 5.41 Å². The molecule has 0 spiro atoms. The summed E-state index contributed by atoms with van der Waals surface area (Å²) in [6.45, 7) is 0.346. The molecule has 1 fully saturated rings. The third kappa shape index (κ3) is 4.17. The quantitative estimate of drug-likeness (QED) is 0.713. The molecule has 2 N–H and O–H groups in total. The van der Waals surface area contributed by atoms with Gasteiger partial charge in [0.15, 0.2) is 0 Å². The summed E-state index contributed by atoms with van der Waals surface area (Å²) in [6, 6.07) is 12.3. The molecule has 0 aliphatic heterocycles. The predicted molar refractivity (Wildman–Crippen MR) is 103 cm³/mol. The number of anilines is 1. The lowest BCUT2D eigenvalue weighted by Gasteiger charge is -2.17. The normalized spacial score (nSPS) is 14.2. The molecule has 2 aromatic rings. The Kier molecular flexibility index (Phi) is 5.56. The van der Waals surface area contributed by atoms with Crippen molar-refractivity contribution >= 4 is 29.1 Å². The largest absolute Gasteiger partial charge is 0.497 e. The molecular formula is C20H21ClN2O4. The van der Waals surface area contributed by atoms with Gasteiger partial charge in [0.2, 0.25) is 11.8 Å². The minimum Gasteiger partial charge on any atom is -0.497 e. The standard InChI is InChI=1S/C20H21ClN2O4/c1-26-15-6-3-13(4-7-15)12-22-18(24)20(9-10-20)19(25)23-16-11-14(21)5-8-17(16)27-2/h3-8,11H,9-10,12H2,1-2H3,(H,22,24)(H,23,25). The zero-order valence-corrected chi connectivity index (χ0v) is 15.9. The minimum absolute atomic E-state index is 0.281. The van der Waals surface area contributed by atoms with Crippen LogP contribution in [-0.4, -0.2) is 26.0 Å². The van der Waals surface area contributed by atoms with Gasteiger partial charge in [-0.15, -0.1) is 0 Å². The average molecular weight is 389 g/mol. The third-order valence-electron chi connectivity index (χ3n) is 4.64. The summed E-state index contributed by atoms with van der Waals surface area (Å²) >= 11 is 5.99. The highest BCUT2D eigenvalue weighted by Crippen LogP contribution is 2.47. The van der Waals surface area contributed by atoms with Gasteiger partial charge in [-0.1, -0.05) is 23.7 Å². The number of benzene rings is 2. The maximum Gasteiger partial charge on any atom is 0.240 e. The molecule has 1 aliphatic carbocycles. The van der Waals surface area contributed by atoms with Crippen molar-refractivity contribution in [1.82, 2.24) is 5.32 Å². The van der Waals surface area contributed by atoms with Gasteiger partial charge in [0, 0.05) is 11.6 Å². The van der Waals surface area contributed by atoms with E-state index in [0.29, 0.717) is 35.8 Å². The molecular weight excluding hydrogens is 368 g/mol. The number of hydrogen-bond acceptors (Lipinski definition) is 4. The molecule has 3 rings (SSSR count). The number of halogens is 1. The summed E-state index contributed by atoms with van der Waals surface area (Å²) < 4.78 is 10.3. The highest BCUT2D eigenvalue weighted by molar-refractivity contribution is 6.31. The van der Waals surface area contributed by atoms with Gasteiger partial charge in [0.25, 0.3) is 0 Å². The Morgan fingerprint density at radius 3 is 2.33 bits per heavy atom. The lowest BCUT2D eigenvalue weighted by molar-refractivity contribution is -0.134. The van der Waals surface area contributed by atoms with Gasteiger partial charge in [-0.25, -0.2) is 0 Å². The van der Waals surface area contributed by atoms with Gasteiger partial charge in [0.05, 0.1) is 19.9 Å². The van der Waals surface area contributed by atoms with Crippen LogP contribution in [0.3, 0.4) is 0 Å². The fraction of sp³-hybridized carbons (Fsp3) is 0.300. The van der Waals surface area contributed by atoms with Crippen LogP contribution < -0.4 is 20.1 Å². The van der Waals surface area contributed by atoms with Crippen LogP contribution >= 0.6 is 11.6 Å². The number of carbonyl (C=O) groups excluding carboxylic acids is 2. The SMILES string of the molecule is COc1ccc(CNC(=O)C2(C(=O)Nc3cc(Cl)ccc3OC)CC2)cc1. The Hall–Kier alpha value is -2.73. The van der Waals surface area contributed by atoms with Gasteiger partial charge in [-0.3, -0.25) is 9.59 Å². The van der Waals surface area contributed by atoms with Crippen molar-refractivity contribution < 1.29 is 19.1 Å². The van der Waals surface area contributed by atoms with Crippen molar-refractivity contribution in [3.8, 4) is 11.5 Å². The van der Waals surface area contributed by atoms with E-state index in [4.69, 9.17) is 21.1 Å². The monoisotopic (exact) mass is 388 g/mol. The highest BCUT2D eigenvalue weighted by Gasteiger charge is 2.56. The molecule has 1 saturated carbocycles. The van der Waals surface area contributed by atoms with Crippen LogP contribution in [0.2, 0.25) is 5.02 Å². The second kappa shape index (κ2) is 7.88. The van der Waals surface area contributed by atoms with Crippen LogP contribution in [0.15, 0.2) is 42.5 Å². The molecule has 0 saturated heterocycles. The van der Waals surface area contributed by atoms with Crippen molar-refractivity contribution in [1.29, 1.82) is 0 Å². The maximum atomic E-state index is 12.7. The average Bonchev–Trinajstić information content (AvgIpc) is 3.49. The summed E-state index contributed by atoms with van der Waals surface area (Å²) in [6.07, 6.45) is 1.02. The summed E-state index contributed by atoms with van der Waals surface area (Å²) in [5.74, 6) is 0.605. The predicted octanol–water partition coefficient (Wildman–Crippen LogP) is 3.39. The smallest absolute Gasteiger partial charge is 0.240 e. The van der Waals surface area contributed by atoms with Crippen molar-refractivity contribution in [3.63, 3.8) is 0 Å². The summed E-state index contributed by atoms with van der Waals surface area (Å²) in [7, 11) is 3.11. The number of hydrogen-bond donors (Lipinski definition) is 2. The molecule has 0 heterocycles. The molecule has 6 nitrogen and oxygen atoms in total. The van der Waals surface area contributed by atoms with Crippen molar-refractivity contribution in [2.75, 3.05) is 19.5 Å². The fourth-order valence-corrected chi connectivity index (χ4v) is 2.97. The number of carbonyl (C=O) groups is 2. The third-order valence-corrected chi connectivity index (χ3v) is 4.88. The van der Waals surface area contributed by atoms with Crippen LogP contribution in [0.25, 0.3) is 0 Å². The Morgan fingerprint density at radius 1 is 1.04 bits per heavy atom. The van der Waals surface area contributed by atoms with Crippen LogP contribution in [0.5, 0.6) is 11.5 Å². The topological polar surface area (TPSA) is 76.7 Å². The summed E-state index contributed by atoms with van der Waals surface area (Å²) in [4.78, 5) is 25.3. The van der Waals surface area contributed by atoms with E-state index in [1.807, 2.05) is 24.3 Å². The first kappa shape index (κ1) is 19.0. The molecule has 0 radical (unpaired) electrons. The lowest BCUT2D eigenvalue weighted by atomic mass is 10.0. The molecule has 142 valence electrons. The molecule has 27 heavy (non-hydrogen) atoms. The molecule has 2 amide bonds. The molecule has 0 aromatic heterocycles. The van der Waals surface area contributed by atoms with E-state index >= 15 is 0 Å². The van der Waals surface area contributed by atoms with Crippen LogP contribution in [0.1, 0.15) is 18.4 Å². The Labute approximate surface area is 162 Å². The fourth-order valence-electron chi connectivity index (χ4n) is 2.80. The molecule has 0 atom stereocenters. The number of ether oxygens (including phenoxy) is 2. The van der Waals surface area contributed by atoms with Gasteiger partial charge >= 0.3 is 0 Å². The van der Waals surface area contributed by atoms with E-state index in [9.17, 15) is 9.59 Å². The Bertz CT molecular complexity index is 848. The van der Waals surface area contributed by atoms with Crippen LogP contribution in [-0.2, 0) is 16.1 Å². The summed E-state index contributed by atoms with van der Waals surface area (Å²) in [5, 5.41) is 6.09. The zero-order valence-electron chi connectivity index (χ0n) is 15.2. The molecule has 0 unspecified atom stereocenters. The van der Waals surface area contributed by atoms with Crippen molar-refractivity contribution in [2.24, 2.45) is 5.41 Å². The molecule has 0 bridgehead atoms. The lowest BCUT2D eigenvalue weighted by Crippen LogP contribution is -2.39. The first-order valence-corrected chi connectivity index (χ1v) is 8.92.